The molecule has 0 unspecified atom stereocenters. The van der Waals surface area contributed by atoms with Gasteiger partial charge >= 0.3 is 0 Å². The van der Waals surface area contributed by atoms with Gasteiger partial charge in [-0.15, -0.1) is 11.3 Å². The number of aromatic nitrogens is 2. The van der Waals surface area contributed by atoms with Crippen LogP contribution in [0.25, 0.3) is 16.3 Å². The fourth-order valence-corrected chi connectivity index (χ4v) is 3.26. The van der Waals surface area contributed by atoms with E-state index in [0.717, 1.165) is 29.2 Å². The van der Waals surface area contributed by atoms with Gasteiger partial charge in [-0.25, -0.2) is 4.68 Å². The van der Waals surface area contributed by atoms with Crippen LogP contribution in [0, 0.1) is 0 Å². The molecule has 2 aromatic heterocycles. The summed E-state index contributed by atoms with van der Waals surface area (Å²) in [7, 11) is 4.06. The van der Waals surface area contributed by atoms with Gasteiger partial charge in [0.15, 0.2) is 0 Å². The zero-order valence-electron chi connectivity index (χ0n) is 14.5. The minimum Gasteiger partial charge on any atom is -0.352 e. The van der Waals surface area contributed by atoms with Crippen LogP contribution < -0.4 is 5.32 Å². The zero-order valence-corrected chi connectivity index (χ0v) is 15.3. The van der Waals surface area contributed by atoms with Crippen molar-refractivity contribution in [3.05, 3.63) is 59.6 Å². The number of nitrogens with one attached hydrogen (secondary N) is 1. The number of para-hydroxylation sites is 1. The summed E-state index contributed by atoms with van der Waals surface area (Å²) in [6, 6.07) is 13.8. The number of thiophene rings is 1. The van der Waals surface area contributed by atoms with Crippen molar-refractivity contribution < 1.29 is 4.79 Å². The lowest BCUT2D eigenvalue weighted by Gasteiger charge is -2.09. The number of benzene rings is 1. The molecule has 0 fully saturated rings. The lowest BCUT2D eigenvalue weighted by atomic mass is 10.2. The molecule has 1 N–H and O–H groups in total. The van der Waals surface area contributed by atoms with Crippen molar-refractivity contribution >= 4 is 17.2 Å². The van der Waals surface area contributed by atoms with E-state index in [1.165, 1.54) is 0 Å². The minimum atomic E-state index is -0.0793. The standard InChI is InChI=1S/C19H22N4OS/c1-22(2)12-7-11-20-19(24)16-14-23(15-8-4-3-5-9-15)21-18(16)17-10-6-13-25-17/h3-6,8-10,13-14H,7,11-12H2,1-2H3,(H,20,24). The van der Waals surface area contributed by atoms with Crippen molar-refractivity contribution in [3.63, 3.8) is 0 Å². The molecule has 0 aliphatic heterocycles. The van der Waals surface area contributed by atoms with Crippen LogP contribution in [0.5, 0.6) is 0 Å². The third-order valence-corrected chi connectivity index (χ3v) is 4.68. The lowest BCUT2D eigenvalue weighted by molar-refractivity contribution is 0.0953. The van der Waals surface area contributed by atoms with Crippen LogP contribution in [0.4, 0.5) is 0 Å². The number of hydrogen-bond donors (Lipinski definition) is 1. The summed E-state index contributed by atoms with van der Waals surface area (Å²) in [5.74, 6) is -0.0793. The predicted octanol–water partition coefficient (Wildman–Crippen LogP) is 3.28. The Balaban J connectivity index is 1.84. The molecule has 0 aliphatic rings. The Morgan fingerprint density at radius 2 is 2.00 bits per heavy atom. The van der Waals surface area contributed by atoms with E-state index in [1.807, 2.05) is 68.1 Å². The molecule has 0 atom stereocenters. The molecule has 0 saturated heterocycles. The lowest BCUT2D eigenvalue weighted by Crippen LogP contribution is -2.27. The molecule has 2 heterocycles. The second kappa shape index (κ2) is 8.09. The van der Waals surface area contributed by atoms with Crippen LogP contribution in [-0.4, -0.2) is 47.8 Å². The van der Waals surface area contributed by atoms with E-state index in [0.29, 0.717) is 12.1 Å². The maximum atomic E-state index is 12.7. The smallest absolute Gasteiger partial charge is 0.255 e. The largest absolute Gasteiger partial charge is 0.352 e. The molecule has 1 aromatic carbocycles. The van der Waals surface area contributed by atoms with Crippen molar-refractivity contribution in [2.24, 2.45) is 0 Å². The number of rotatable bonds is 7. The molecule has 0 spiro atoms. The van der Waals surface area contributed by atoms with Crippen LogP contribution in [0.2, 0.25) is 0 Å². The van der Waals surface area contributed by atoms with Crippen molar-refractivity contribution in [1.29, 1.82) is 0 Å². The summed E-state index contributed by atoms with van der Waals surface area (Å²) in [5.41, 5.74) is 2.27. The number of amides is 1. The highest BCUT2D eigenvalue weighted by Crippen LogP contribution is 2.27. The molecule has 25 heavy (non-hydrogen) atoms. The molecular formula is C19H22N4OS. The first kappa shape index (κ1) is 17.4. The predicted molar refractivity (Wildman–Crippen MR) is 102 cm³/mol. The Bertz CT molecular complexity index is 809. The fraction of sp³-hybridized carbons (Fsp3) is 0.263. The summed E-state index contributed by atoms with van der Waals surface area (Å²) >= 11 is 1.59. The molecule has 0 radical (unpaired) electrons. The molecule has 1 amide bonds. The average molecular weight is 354 g/mol. The van der Waals surface area contributed by atoms with Gasteiger partial charge in [0.05, 0.1) is 16.1 Å². The molecular weight excluding hydrogens is 332 g/mol. The van der Waals surface area contributed by atoms with E-state index in [1.54, 1.807) is 16.0 Å². The van der Waals surface area contributed by atoms with E-state index in [2.05, 4.69) is 15.3 Å². The Hall–Kier alpha value is -2.44. The van der Waals surface area contributed by atoms with E-state index >= 15 is 0 Å². The summed E-state index contributed by atoms with van der Waals surface area (Å²) in [6.45, 7) is 1.60. The van der Waals surface area contributed by atoms with E-state index < -0.39 is 0 Å². The molecule has 3 rings (SSSR count). The van der Waals surface area contributed by atoms with Gasteiger partial charge in [-0.1, -0.05) is 24.3 Å². The van der Waals surface area contributed by atoms with Gasteiger partial charge in [-0.3, -0.25) is 4.79 Å². The number of hydrogen-bond acceptors (Lipinski definition) is 4. The van der Waals surface area contributed by atoms with Crippen molar-refractivity contribution in [1.82, 2.24) is 20.0 Å². The quantitative estimate of drug-likeness (QED) is 0.663. The molecule has 0 aliphatic carbocycles. The molecule has 3 aromatic rings. The summed E-state index contributed by atoms with van der Waals surface area (Å²) in [4.78, 5) is 15.8. The summed E-state index contributed by atoms with van der Waals surface area (Å²) in [5, 5.41) is 9.66. The first-order chi connectivity index (χ1) is 12.1. The topological polar surface area (TPSA) is 50.2 Å². The highest BCUT2D eigenvalue weighted by Gasteiger charge is 2.19. The van der Waals surface area contributed by atoms with Gasteiger partial charge < -0.3 is 10.2 Å². The maximum absolute atomic E-state index is 12.7. The van der Waals surface area contributed by atoms with Gasteiger partial charge in [0.1, 0.15) is 5.69 Å². The SMILES string of the molecule is CN(C)CCCNC(=O)c1cn(-c2ccccc2)nc1-c1cccs1. The third-order valence-electron chi connectivity index (χ3n) is 3.80. The van der Waals surface area contributed by atoms with Crippen molar-refractivity contribution in [2.45, 2.75) is 6.42 Å². The monoisotopic (exact) mass is 354 g/mol. The van der Waals surface area contributed by atoms with Crippen LogP contribution in [-0.2, 0) is 0 Å². The second-order valence-electron chi connectivity index (χ2n) is 6.06. The number of carbonyl (C=O) groups excluding carboxylic acids is 1. The highest BCUT2D eigenvalue weighted by molar-refractivity contribution is 7.13. The molecule has 0 saturated carbocycles. The van der Waals surface area contributed by atoms with Crippen molar-refractivity contribution in [3.8, 4) is 16.3 Å². The van der Waals surface area contributed by atoms with Crippen LogP contribution in [0.15, 0.2) is 54.0 Å². The number of nitrogens with zero attached hydrogens (tertiary/aromatic N) is 3. The second-order valence-corrected chi connectivity index (χ2v) is 7.01. The van der Waals surface area contributed by atoms with Gasteiger partial charge in [-0.05, 0) is 50.6 Å². The summed E-state index contributed by atoms with van der Waals surface area (Å²) < 4.78 is 1.77. The average Bonchev–Trinajstić information content (AvgIpc) is 3.28. The Labute approximate surface area is 151 Å². The highest BCUT2D eigenvalue weighted by atomic mass is 32.1. The minimum absolute atomic E-state index is 0.0793. The van der Waals surface area contributed by atoms with Crippen molar-refractivity contribution in [2.75, 3.05) is 27.2 Å². The first-order valence-corrected chi connectivity index (χ1v) is 9.15. The van der Waals surface area contributed by atoms with E-state index in [-0.39, 0.29) is 5.91 Å². The van der Waals surface area contributed by atoms with Gasteiger partial charge in [0.25, 0.3) is 5.91 Å². The third kappa shape index (κ3) is 4.35. The van der Waals surface area contributed by atoms with Crippen LogP contribution >= 0.6 is 11.3 Å². The van der Waals surface area contributed by atoms with E-state index in [9.17, 15) is 4.79 Å². The molecule has 6 heteroatoms. The Morgan fingerprint density at radius 3 is 2.68 bits per heavy atom. The Morgan fingerprint density at radius 1 is 1.20 bits per heavy atom. The van der Waals surface area contributed by atoms with E-state index in [4.69, 9.17) is 0 Å². The van der Waals surface area contributed by atoms with Crippen LogP contribution in [0.1, 0.15) is 16.8 Å². The zero-order chi connectivity index (χ0) is 17.6. The Kier molecular flexibility index (Phi) is 5.63. The summed E-state index contributed by atoms with van der Waals surface area (Å²) in [6.07, 6.45) is 2.73. The molecule has 130 valence electrons. The number of carbonyl (C=O) groups is 1. The molecule has 0 bridgehead atoms. The maximum Gasteiger partial charge on any atom is 0.255 e. The first-order valence-electron chi connectivity index (χ1n) is 8.27. The molecule has 5 nitrogen and oxygen atoms in total. The van der Waals surface area contributed by atoms with Gasteiger partial charge in [0, 0.05) is 12.7 Å². The van der Waals surface area contributed by atoms with Crippen LogP contribution in [0.3, 0.4) is 0 Å². The van der Waals surface area contributed by atoms with Gasteiger partial charge in [0.2, 0.25) is 0 Å². The fourth-order valence-electron chi connectivity index (χ4n) is 2.54. The van der Waals surface area contributed by atoms with Gasteiger partial charge in [-0.2, -0.15) is 5.10 Å². The normalized spacial score (nSPS) is 11.0.